The Hall–Kier alpha value is -2.16. The number of nitrogens with zero attached hydrogens (tertiary/aromatic N) is 3. The van der Waals surface area contributed by atoms with Crippen molar-refractivity contribution in [1.82, 2.24) is 25.6 Å². The van der Waals surface area contributed by atoms with Gasteiger partial charge in [-0.05, 0) is 59.4 Å². The van der Waals surface area contributed by atoms with E-state index < -0.39 is 5.60 Å². The van der Waals surface area contributed by atoms with Gasteiger partial charge in [-0.2, -0.15) is 4.98 Å². The maximum Gasteiger partial charge on any atom is 0.407 e. The molecular weight excluding hydrogens is 346 g/mol. The summed E-state index contributed by atoms with van der Waals surface area (Å²) >= 11 is 0. The Balaban J connectivity index is 1.43. The van der Waals surface area contributed by atoms with Gasteiger partial charge in [0.25, 0.3) is 0 Å². The molecule has 1 aliphatic carbocycles. The number of carbonyl (C=O) groups is 1. The number of anilines is 2. The summed E-state index contributed by atoms with van der Waals surface area (Å²) in [5, 5.41) is 13.0. The van der Waals surface area contributed by atoms with Gasteiger partial charge in [-0.1, -0.05) is 0 Å². The van der Waals surface area contributed by atoms with Crippen LogP contribution in [-0.2, 0) is 4.74 Å². The first-order chi connectivity index (χ1) is 12.9. The fourth-order valence-corrected chi connectivity index (χ4v) is 3.43. The van der Waals surface area contributed by atoms with Crippen LogP contribution in [0, 0.1) is 0 Å². The molecular formula is C18H31N7O2. The van der Waals surface area contributed by atoms with Crippen molar-refractivity contribution in [3.8, 4) is 0 Å². The van der Waals surface area contributed by atoms with Crippen LogP contribution in [-0.4, -0.2) is 57.9 Å². The van der Waals surface area contributed by atoms with E-state index in [-0.39, 0.29) is 12.1 Å². The van der Waals surface area contributed by atoms with E-state index in [1.807, 2.05) is 20.8 Å². The monoisotopic (exact) mass is 377 g/mol. The van der Waals surface area contributed by atoms with Crippen LogP contribution in [0.4, 0.5) is 16.7 Å². The quantitative estimate of drug-likeness (QED) is 0.615. The largest absolute Gasteiger partial charge is 0.444 e. The summed E-state index contributed by atoms with van der Waals surface area (Å²) in [4.78, 5) is 24.8. The molecule has 0 bridgehead atoms. The lowest BCUT2D eigenvalue weighted by atomic mass is 9.91. The van der Waals surface area contributed by atoms with Crippen LogP contribution in [0.5, 0.6) is 0 Å². The minimum Gasteiger partial charge on any atom is -0.444 e. The standard InChI is InChI=1S/C18H31N7O2/c1-18(2,3)27-17(26)24-13-6-4-12(5-7-13)22-15-20-11-21-16(25-15)23-14-8-9-19-10-14/h11-14,19H,4-10H2,1-3H3,(H,24,26)(H2,20,21,22,23,25)/t12?,13?,14-/m1/s1. The highest BCUT2D eigenvalue weighted by molar-refractivity contribution is 5.68. The summed E-state index contributed by atoms with van der Waals surface area (Å²) < 4.78 is 5.33. The van der Waals surface area contributed by atoms with Gasteiger partial charge in [-0.3, -0.25) is 0 Å². The number of ether oxygens (including phenoxy) is 1. The molecule has 2 aliphatic rings. The Bertz CT molecular complexity index is 620. The molecule has 2 heterocycles. The molecule has 1 saturated heterocycles. The Labute approximate surface area is 160 Å². The molecule has 1 aromatic rings. The van der Waals surface area contributed by atoms with Gasteiger partial charge in [0.05, 0.1) is 0 Å². The molecule has 1 saturated carbocycles. The number of carbonyl (C=O) groups excluding carboxylic acids is 1. The van der Waals surface area contributed by atoms with Crippen LogP contribution in [0.15, 0.2) is 6.33 Å². The molecule has 3 rings (SSSR count). The van der Waals surface area contributed by atoms with Crippen LogP contribution < -0.4 is 21.3 Å². The maximum absolute atomic E-state index is 11.9. The van der Waals surface area contributed by atoms with Crippen molar-refractivity contribution in [3.05, 3.63) is 6.33 Å². The van der Waals surface area contributed by atoms with Gasteiger partial charge >= 0.3 is 6.09 Å². The highest BCUT2D eigenvalue weighted by Crippen LogP contribution is 2.22. The third-order valence-corrected chi connectivity index (χ3v) is 4.75. The zero-order valence-electron chi connectivity index (χ0n) is 16.4. The van der Waals surface area contributed by atoms with E-state index in [0.29, 0.717) is 24.0 Å². The molecule has 0 spiro atoms. The van der Waals surface area contributed by atoms with Crippen molar-refractivity contribution in [1.29, 1.82) is 0 Å². The van der Waals surface area contributed by atoms with E-state index in [4.69, 9.17) is 4.74 Å². The summed E-state index contributed by atoms with van der Waals surface area (Å²) in [5.74, 6) is 1.21. The molecule has 1 aliphatic heterocycles. The third kappa shape index (κ3) is 6.50. The van der Waals surface area contributed by atoms with E-state index in [0.717, 1.165) is 45.2 Å². The minimum absolute atomic E-state index is 0.156. The van der Waals surface area contributed by atoms with Gasteiger partial charge in [0, 0.05) is 24.7 Å². The predicted molar refractivity (Wildman–Crippen MR) is 104 cm³/mol. The maximum atomic E-state index is 11.9. The van der Waals surface area contributed by atoms with Crippen molar-refractivity contribution < 1.29 is 9.53 Å². The molecule has 0 radical (unpaired) electrons. The van der Waals surface area contributed by atoms with Gasteiger partial charge in [0.1, 0.15) is 11.9 Å². The highest BCUT2D eigenvalue weighted by atomic mass is 16.6. The lowest BCUT2D eigenvalue weighted by Gasteiger charge is -2.30. The number of aromatic nitrogens is 3. The molecule has 1 atom stereocenters. The SMILES string of the molecule is CC(C)(C)OC(=O)NC1CCC(Nc2ncnc(N[C@@H]3CCNC3)n2)CC1. The average Bonchev–Trinajstić information content (AvgIpc) is 3.08. The minimum atomic E-state index is -0.470. The number of rotatable bonds is 5. The lowest BCUT2D eigenvalue weighted by Crippen LogP contribution is -2.42. The van der Waals surface area contributed by atoms with E-state index in [2.05, 4.69) is 36.2 Å². The van der Waals surface area contributed by atoms with Gasteiger partial charge in [0.15, 0.2) is 0 Å². The van der Waals surface area contributed by atoms with E-state index in [1.54, 1.807) is 0 Å². The Morgan fingerprint density at radius 3 is 2.26 bits per heavy atom. The summed E-state index contributed by atoms with van der Waals surface area (Å²) in [5.41, 5.74) is -0.470. The van der Waals surface area contributed by atoms with Gasteiger partial charge in [-0.25, -0.2) is 14.8 Å². The van der Waals surface area contributed by atoms with Crippen LogP contribution in [0.25, 0.3) is 0 Å². The first-order valence-electron chi connectivity index (χ1n) is 9.80. The number of alkyl carbamates (subject to hydrolysis) is 1. The molecule has 1 amide bonds. The van der Waals surface area contributed by atoms with E-state index >= 15 is 0 Å². The third-order valence-electron chi connectivity index (χ3n) is 4.75. The van der Waals surface area contributed by atoms with E-state index in [1.165, 1.54) is 6.33 Å². The second-order valence-corrected chi connectivity index (χ2v) is 8.31. The zero-order valence-corrected chi connectivity index (χ0v) is 16.4. The van der Waals surface area contributed by atoms with Gasteiger partial charge in [0.2, 0.25) is 11.9 Å². The Morgan fingerprint density at radius 2 is 1.67 bits per heavy atom. The summed E-state index contributed by atoms with van der Waals surface area (Å²) in [6.07, 6.45) is 5.97. The Kier molecular flexibility index (Phi) is 6.30. The van der Waals surface area contributed by atoms with Crippen LogP contribution in [0.1, 0.15) is 52.9 Å². The number of amides is 1. The predicted octanol–water partition coefficient (Wildman–Crippen LogP) is 1.89. The molecule has 4 N–H and O–H groups in total. The molecule has 9 nitrogen and oxygen atoms in total. The van der Waals surface area contributed by atoms with Crippen molar-refractivity contribution in [2.45, 2.75) is 76.6 Å². The molecule has 2 fully saturated rings. The fraction of sp³-hybridized carbons (Fsp3) is 0.778. The van der Waals surface area contributed by atoms with Crippen LogP contribution in [0.3, 0.4) is 0 Å². The summed E-state index contributed by atoms with van der Waals surface area (Å²) in [7, 11) is 0. The van der Waals surface area contributed by atoms with Gasteiger partial charge in [-0.15, -0.1) is 0 Å². The van der Waals surface area contributed by atoms with Crippen LogP contribution >= 0.6 is 0 Å². The number of nitrogens with one attached hydrogen (secondary N) is 4. The fourth-order valence-electron chi connectivity index (χ4n) is 3.43. The second kappa shape index (κ2) is 8.69. The highest BCUT2D eigenvalue weighted by Gasteiger charge is 2.25. The lowest BCUT2D eigenvalue weighted by molar-refractivity contribution is 0.0492. The normalized spacial score (nSPS) is 25.7. The van der Waals surface area contributed by atoms with Crippen LogP contribution in [0.2, 0.25) is 0 Å². The number of hydrogen-bond donors (Lipinski definition) is 4. The first-order valence-corrected chi connectivity index (χ1v) is 9.80. The van der Waals surface area contributed by atoms with Crippen molar-refractivity contribution >= 4 is 18.0 Å². The van der Waals surface area contributed by atoms with Crippen molar-refractivity contribution in [3.63, 3.8) is 0 Å². The molecule has 1 aromatic heterocycles. The van der Waals surface area contributed by atoms with Gasteiger partial charge < -0.3 is 26.0 Å². The molecule has 9 heteroatoms. The van der Waals surface area contributed by atoms with Crippen molar-refractivity contribution in [2.75, 3.05) is 23.7 Å². The topological polar surface area (TPSA) is 113 Å². The smallest absolute Gasteiger partial charge is 0.407 e. The molecule has 27 heavy (non-hydrogen) atoms. The van der Waals surface area contributed by atoms with Crippen molar-refractivity contribution in [2.24, 2.45) is 0 Å². The van der Waals surface area contributed by atoms with E-state index in [9.17, 15) is 4.79 Å². The molecule has 0 unspecified atom stereocenters. The summed E-state index contributed by atoms with van der Waals surface area (Å²) in [6, 6.07) is 0.822. The first kappa shape index (κ1) is 19.6. The second-order valence-electron chi connectivity index (χ2n) is 8.31. The summed E-state index contributed by atoms with van der Waals surface area (Å²) in [6.45, 7) is 7.56. The number of hydrogen-bond acceptors (Lipinski definition) is 8. The zero-order chi connectivity index (χ0) is 19.3. The molecule has 0 aromatic carbocycles. The molecule has 150 valence electrons. The Morgan fingerprint density at radius 1 is 1.04 bits per heavy atom. The average molecular weight is 377 g/mol.